The zero-order valence-electron chi connectivity index (χ0n) is 14.7. The number of nitrogens with one attached hydrogen (secondary N) is 1. The largest absolute Gasteiger partial charge is 0.383 e. The van der Waals surface area contributed by atoms with E-state index < -0.39 is 0 Å². The first-order chi connectivity index (χ1) is 12.7. The van der Waals surface area contributed by atoms with Crippen LogP contribution in [0.2, 0.25) is 5.02 Å². The second kappa shape index (κ2) is 7.14. The van der Waals surface area contributed by atoms with E-state index in [4.69, 9.17) is 16.3 Å². The number of aromatic amines is 1. The summed E-state index contributed by atoms with van der Waals surface area (Å²) in [6.07, 6.45) is 1.40. The summed E-state index contributed by atoms with van der Waals surface area (Å²) in [5.41, 5.74) is 4.40. The molecule has 1 fully saturated rings. The molecule has 0 unspecified atom stereocenters. The molecule has 0 radical (unpaired) electrons. The van der Waals surface area contributed by atoms with Crippen molar-refractivity contribution >= 4 is 28.4 Å². The van der Waals surface area contributed by atoms with E-state index in [1.54, 1.807) is 7.11 Å². The summed E-state index contributed by atoms with van der Waals surface area (Å²) < 4.78 is 5.22. The Morgan fingerprint density at radius 3 is 2.73 bits per heavy atom. The number of hydrogen-bond acceptors (Lipinski definition) is 2. The number of aromatic nitrogens is 1. The Bertz CT molecular complexity index is 933. The number of halogens is 1. The van der Waals surface area contributed by atoms with Crippen LogP contribution in [-0.4, -0.2) is 36.1 Å². The number of rotatable bonds is 5. The number of fused-ring (bicyclic) bond motifs is 1. The molecule has 1 saturated heterocycles. The highest BCUT2D eigenvalue weighted by atomic mass is 35.5. The minimum absolute atomic E-state index is 0.0551. The SMILES string of the molecule is COCCN1C(=O)CC[C@H]1c1c(-c2ccc(Cl)cc2)[nH]c2ccccc12. The fraction of sp³-hybridized carbons (Fsp3) is 0.286. The summed E-state index contributed by atoms with van der Waals surface area (Å²) in [6.45, 7) is 1.15. The van der Waals surface area contributed by atoms with Crippen molar-refractivity contribution in [3.63, 3.8) is 0 Å². The molecule has 3 aromatic rings. The molecular formula is C21H21ClN2O2. The fourth-order valence-electron chi connectivity index (χ4n) is 3.86. The number of ether oxygens (including phenoxy) is 1. The maximum absolute atomic E-state index is 12.5. The summed E-state index contributed by atoms with van der Waals surface area (Å²) in [7, 11) is 1.67. The van der Waals surface area contributed by atoms with Crippen LogP contribution < -0.4 is 0 Å². The van der Waals surface area contributed by atoms with Crippen LogP contribution in [0, 0.1) is 0 Å². The maximum Gasteiger partial charge on any atom is 0.223 e. The molecule has 1 aliphatic heterocycles. The third kappa shape index (κ3) is 3.00. The predicted molar refractivity (Wildman–Crippen MR) is 104 cm³/mol. The highest BCUT2D eigenvalue weighted by Crippen LogP contribution is 2.42. The summed E-state index contributed by atoms with van der Waals surface area (Å²) in [6, 6.07) is 16.2. The number of carbonyl (C=O) groups excluding carboxylic acids is 1. The van der Waals surface area contributed by atoms with Gasteiger partial charge in [0.1, 0.15) is 0 Å². The fourth-order valence-corrected chi connectivity index (χ4v) is 3.98. The van der Waals surface area contributed by atoms with Gasteiger partial charge < -0.3 is 14.6 Å². The molecule has 0 bridgehead atoms. The average Bonchev–Trinajstić information content (AvgIpc) is 3.21. The Kier molecular flexibility index (Phi) is 4.70. The third-order valence-electron chi connectivity index (χ3n) is 5.08. The number of hydrogen-bond donors (Lipinski definition) is 1. The van der Waals surface area contributed by atoms with E-state index in [0.29, 0.717) is 24.6 Å². The maximum atomic E-state index is 12.5. The lowest BCUT2D eigenvalue weighted by molar-refractivity contribution is -0.129. The Morgan fingerprint density at radius 1 is 1.19 bits per heavy atom. The lowest BCUT2D eigenvalue weighted by atomic mass is 9.97. The van der Waals surface area contributed by atoms with Crippen molar-refractivity contribution in [2.75, 3.05) is 20.3 Å². The van der Waals surface area contributed by atoms with Crippen LogP contribution >= 0.6 is 11.6 Å². The molecule has 2 aromatic carbocycles. The van der Waals surface area contributed by atoms with E-state index in [-0.39, 0.29) is 11.9 Å². The first-order valence-electron chi connectivity index (χ1n) is 8.84. The number of nitrogens with zero attached hydrogens (tertiary/aromatic N) is 1. The van der Waals surface area contributed by atoms with Crippen LogP contribution in [0.3, 0.4) is 0 Å². The highest BCUT2D eigenvalue weighted by Gasteiger charge is 2.35. The van der Waals surface area contributed by atoms with Crippen molar-refractivity contribution in [2.24, 2.45) is 0 Å². The third-order valence-corrected chi connectivity index (χ3v) is 5.33. The highest BCUT2D eigenvalue weighted by molar-refractivity contribution is 6.30. The van der Waals surface area contributed by atoms with Gasteiger partial charge in [-0.1, -0.05) is 41.9 Å². The molecule has 0 spiro atoms. The van der Waals surface area contributed by atoms with E-state index in [9.17, 15) is 4.79 Å². The van der Waals surface area contributed by atoms with E-state index >= 15 is 0 Å². The summed E-state index contributed by atoms with van der Waals surface area (Å²) in [4.78, 5) is 18.0. The van der Waals surface area contributed by atoms with Crippen LogP contribution in [0.5, 0.6) is 0 Å². The Morgan fingerprint density at radius 2 is 1.96 bits per heavy atom. The lowest BCUT2D eigenvalue weighted by Gasteiger charge is -2.25. The number of carbonyl (C=O) groups is 1. The predicted octanol–water partition coefficient (Wildman–Crippen LogP) is 4.80. The normalized spacial score (nSPS) is 17.4. The first kappa shape index (κ1) is 17.1. The molecular weight excluding hydrogens is 348 g/mol. The first-order valence-corrected chi connectivity index (χ1v) is 9.22. The number of likely N-dealkylation sites (tertiary alicyclic amines) is 1. The van der Waals surface area contributed by atoms with Gasteiger partial charge in [-0.25, -0.2) is 0 Å². The van der Waals surface area contributed by atoms with Gasteiger partial charge in [-0.15, -0.1) is 0 Å². The molecule has 1 aliphatic rings. The van der Waals surface area contributed by atoms with Crippen molar-refractivity contribution in [2.45, 2.75) is 18.9 Å². The quantitative estimate of drug-likeness (QED) is 0.703. The number of methoxy groups -OCH3 is 1. The van der Waals surface area contributed by atoms with Gasteiger partial charge in [-0.3, -0.25) is 4.79 Å². The van der Waals surface area contributed by atoms with E-state index in [1.165, 1.54) is 10.9 Å². The monoisotopic (exact) mass is 368 g/mol. The van der Waals surface area contributed by atoms with E-state index in [2.05, 4.69) is 17.1 Å². The standard InChI is InChI=1S/C21H21ClN2O2/c1-26-13-12-24-18(10-11-19(24)25)20-16-4-2-3-5-17(16)23-21(20)14-6-8-15(22)9-7-14/h2-9,18,23H,10-13H2,1H3/t18-/m0/s1. The van der Waals surface area contributed by atoms with Gasteiger partial charge in [0.2, 0.25) is 5.91 Å². The van der Waals surface area contributed by atoms with Gasteiger partial charge in [0.05, 0.1) is 18.3 Å². The second-order valence-corrected chi connectivity index (χ2v) is 7.04. The molecule has 0 saturated carbocycles. The summed E-state index contributed by atoms with van der Waals surface area (Å²) in [5.74, 6) is 0.194. The Balaban J connectivity index is 1.86. The molecule has 4 rings (SSSR count). The Labute approximate surface area is 157 Å². The molecule has 5 heteroatoms. The van der Waals surface area contributed by atoms with Crippen LogP contribution in [0.25, 0.3) is 22.2 Å². The van der Waals surface area contributed by atoms with Crippen molar-refractivity contribution < 1.29 is 9.53 Å². The smallest absolute Gasteiger partial charge is 0.223 e. The van der Waals surface area contributed by atoms with Crippen LogP contribution in [0.4, 0.5) is 0 Å². The lowest BCUT2D eigenvalue weighted by Crippen LogP contribution is -2.31. The van der Waals surface area contributed by atoms with Gasteiger partial charge in [0, 0.05) is 41.6 Å². The van der Waals surface area contributed by atoms with Crippen molar-refractivity contribution in [1.82, 2.24) is 9.88 Å². The van der Waals surface area contributed by atoms with Crippen molar-refractivity contribution in [3.8, 4) is 11.3 Å². The van der Waals surface area contributed by atoms with Crippen molar-refractivity contribution in [1.29, 1.82) is 0 Å². The minimum atomic E-state index is 0.0551. The number of amides is 1. The molecule has 26 heavy (non-hydrogen) atoms. The summed E-state index contributed by atoms with van der Waals surface area (Å²) >= 11 is 6.07. The molecule has 1 atom stereocenters. The zero-order valence-corrected chi connectivity index (χ0v) is 15.4. The molecule has 4 nitrogen and oxygen atoms in total. The number of benzene rings is 2. The van der Waals surface area contributed by atoms with Crippen LogP contribution in [0.1, 0.15) is 24.4 Å². The summed E-state index contributed by atoms with van der Waals surface area (Å²) in [5, 5.41) is 1.88. The van der Waals surface area contributed by atoms with Gasteiger partial charge in [-0.2, -0.15) is 0 Å². The molecule has 1 N–H and O–H groups in total. The Hall–Kier alpha value is -2.30. The van der Waals surface area contributed by atoms with Crippen LogP contribution in [0.15, 0.2) is 48.5 Å². The molecule has 2 heterocycles. The van der Waals surface area contributed by atoms with Gasteiger partial charge in [-0.05, 0) is 30.2 Å². The number of para-hydroxylation sites is 1. The number of H-pyrrole nitrogens is 1. The molecule has 1 amide bonds. The molecule has 134 valence electrons. The van der Waals surface area contributed by atoms with Crippen molar-refractivity contribution in [3.05, 3.63) is 59.1 Å². The second-order valence-electron chi connectivity index (χ2n) is 6.60. The zero-order chi connectivity index (χ0) is 18.1. The van der Waals surface area contributed by atoms with Crippen LogP contribution in [-0.2, 0) is 9.53 Å². The van der Waals surface area contributed by atoms with Gasteiger partial charge in [0.25, 0.3) is 0 Å². The van der Waals surface area contributed by atoms with E-state index in [0.717, 1.165) is 23.2 Å². The van der Waals surface area contributed by atoms with E-state index in [1.807, 2.05) is 41.3 Å². The van der Waals surface area contributed by atoms with Gasteiger partial charge in [0.15, 0.2) is 0 Å². The van der Waals surface area contributed by atoms with Gasteiger partial charge >= 0.3 is 0 Å². The topological polar surface area (TPSA) is 45.3 Å². The molecule has 1 aromatic heterocycles. The average molecular weight is 369 g/mol. The molecule has 0 aliphatic carbocycles. The minimum Gasteiger partial charge on any atom is -0.383 e.